The van der Waals surface area contributed by atoms with E-state index in [4.69, 9.17) is 4.99 Å². The number of aliphatic imine (C=N–C) groups is 1. The lowest BCUT2D eigenvalue weighted by atomic mass is 9.97. The predicted molar refractivity (Wildman–Crippen MR) is 101 cm³/mol. The number of hydrogen-bond donors (Lipinski definition) is 2. The molecule has 1 aromatic rings. The second-order valence-electron chi connectivity index (χ2n) is 6.24. The van der Waals surface area contributed by atoms with Gasteiger partial charge in [0.05, 0.1) is 0 Å². The summed E-state index contributed by atoms with van der Waals surface area (Å²) >= 11 is 0. The summed E-state index contributed by atoms with van der Waals surface area (Å²) in [5.41, 5.74) is 0. The van der Waals surface area contributed by atoms with E-state index in [-0.39, 0.29) is 0 Å². The molecule has 1 atom stereocenters. The van der Waals surface area contributed by atoms with E-state index < -0.39 is 0 Å². The highest BCUT2D eigenvalue weighted by Crippen LogP contribution is 2.15. The maximum absolute atomic E-state index is 4.80. The lowest BCUT2D eigenvalue weighted by Crippen LogP contribution is -2.39. The number of hydrogen-bond acceptors (Lipinski definition) is 3. The largest absolute Gasteiger partial charge is 0.357 e. The highest BCUT2D eigenvalue weighted by molar-refractivity contribution is 5.79. The molecule has 1 rings (SSSR count). The Morgan fingerprint density at radius 3 is 2.67 bits per heavy atom. The molecule has 1 unspecified atom stereocenters. The van der Waals surface area contributed by atoms with Crippen molar-refractivity contribution in [1.29, 1.82) is 0 Å². The van der Waals surface area contributed by atoms with Crippen LogP contribution in [-0.2, 0) is 13.0 Å². The van der Waals surface area contributed by atoms with Crippen LogP contribution in [0.5, 0.6) is 0 Å². The Morgan fingerprint density at radius 2 is 2.00 bits per heavy atom. The number of guanidine groups is 1. The first-order valence-corrected chi connectivity index (χ1v) is 9.63. The van der Waals surface area contributed by atoms with Crippen LogP contribution in [0.15, 0.2) is 11.3 Å². The Morgan fingerprint density at radius 1 is 1.17 bits per heavy atom. The lowest BCUT2D eigenvalue weighted by Gasteiger charge is -2.16. The van der Waals surface area contributed by atoms with E-state index in [1.807, 2.05) is 0 Å². The first kappa shape index (κ1) is 20.5. The average Bonchev–Trinajstić information content (AvgIpc) is 3.04. The Hall–Kier alpha value is -1.59. The fraction of sp³-hybridized carbons (Fsp3) is 0.833. The van der Waals surface area contributed by atoms with Gasteiger partial charge in [-0.1, -0.05) is 40.0 Å². The van der Waals surface area contributed by atoms with E-state index >= 15 is 0 Å². The molecule has 6 heteroatoms. The third kappa shape index (κ3) is 7.79. The third-order valence-corrected chi connectivity index (χ3v) is 4.17. The first-order chi connectivity index (χ1) is 11.7. The van der Waals surface area contributed by atoms with Crippen molar-refractivity contribution in [3.05, 3.63) is 12.2 Å². The van der Waals surface area contributed by atoms with Gasteiger partial charge in [-0.3, -0.25) is 4.99 Å². The zero-order valence-corrected chi connectivity index (χ0v) is 16.0. The van der Waals surface area contributed by atoms with Crippen LogP contribution in [0.1, 0.15) is 65.6 Å². The minimum atomic E-state index is 0.704. The summed E-state index contributed by atoms with van der Waals surface area (Å²) in [4.78, 5) is 4.80. The van der Waals surface area contributed by atoms with E-state index in [0.29, 0.717) is 5.92 Å². The van der Waals surface area contributed by atoms with Crippen LogP contribution in [0.2, 0.25) is 0 Å². The maximum atomic E-state index is 4.80. The van der Waals surface area contributed by atoms with Crippen LogP contribution in [0.3, 0.4) is 0 Å². The van der Waals surface area contributed by atoms with Crippen molar-refractivity contribution in [3.8, 4) is 0 Å². The first-order valence-electron chi connectivity index (χ1n) is 9.63. The smallest absolute Gasteiger partial charge is 0.191 e. The van der Waals surface area contributed by atoms with Gasteiger partial charge in [0.15, 0.2) is 5.96 Å². The van der Waals surface area contributed by atoms with Crippen LogP contribution in [0.25, 0.3) is 0 Å². The summed E-state index contributed by atoms with van der Waals surface area (Å²) in [6.45, 7) is 12.2. The second-order valence-corrected chi connectivity index (χ2v) is 6.24. The highest BCUT2D eigenvalue weighted by atomic mass is 15.3. The normalized spacial score (nSPS) is 13.1. The molecular formula is C18H36N6. The minimum absolute atomic E-state index is 0.704. The van der Waals surface area contributed by atoms with Crippen LogP contribution in [0, 0.1) is 5.92 Å². The molecule has 0 aliphatic rings. The summed E-state index contributed by atoms with van der Waals surface area (Å²) in [5.74, 6) is 2.65. The van der Waals surface area contributed by atoms with Gasteiger partial charge in [-0.05, 0) is 25.7 Å². The number of rotatable bonds is 12. The monoisotopic (exact) mass is 336 g/mol. The highest BCUT2D eigenvalue weighted by Gasteiger charge is 2.08. The molecule has 0 aliphatic heterocycles. The van der Waals surface area contributed by atoms with Crippen LogP contribution in [-0.4, -0.2) is 40.4 Å². The molecule has 0 fully saturated rings. The summed E-state index contributed by atoms with van der Waals surface area (Å²) in [6, 6.07) is 0. The molecule has 1 aromatic heterocycles. The lowest BCUT2D eigenvalue weighted by molar-refractivity contribution is 0.438. The molecule has 0 radical (unpaired) electrons. The molecule has 1 heterocycles. The van der Waals surface area contributed by atoms with Crippen molar-refractivity contribution in [3.63, 3.8) is 0 Å². The fourth-order valence-corrected chi connectivity index (χ4v) is 2.82. The van der Waals surface area contributed by atoms with Gasteiger partial charge in [0.25, 0.3) is 0 Å². The summed E-state index contributed by atoms with van der Waals surface area (Å²) < 4.78 is 2.09. The minimum Gasteiger partial charge on any atom is -0.357 e. The molecule has 138 valence electrons. The SMILES string of the molecule is CCCCC(CCC)CN=C(NCC)NCCn1cnnc1CC. The molecular weight excluding hydrogens is 300 g/mol. The Balaban J connectivity index is 2.48. The van der Waals surface area contributed by atoms with Gasteiger partial charge in [0.2, 0.25) is 0 Å². The van der Waals surface area contributed by atoms with Crippen LogP contribution in [0.4, 0.5) is 0 Å². The van der Waals surface area contributed by atoms with Crippen molar-refractivity contribution in [2.75, 3.05) is 19.6 Å². The van der Waals surface area contributed by atoms with Gasteiger partial charge in [0, 0.05) is 32.6 Å². The zero-order chi connectivity index (χ0) is 17.6. The standard InChI is InChI=1S/C18H36N6/c1-5-9-11-16(10-6-2)14-21-18(19-8-4)20-12-13-24-15-22-23-17(24)7-3/h15-16H,5-14H2,1-4H3,(H2,19,20,21). The quantitative estimate of drug-likeness (QED) is 0.455. The maximum Gasteiger partial charge on any atom is 0.191 e. The third-order valence-electron chi connectivity index (χ3n) is 4.17. The molecule has 0 saturated carbocycles. The van der Waals surface area contributed by atoms with Gasteiger partial charge in [-0.15, -0.1) is 10.2 Å². The van der Waals surface area contributed by atoms with Gasteiger partial charge in [0.1, 0.15) is 12.2 Å². The van der Waals surface area contributed by atoms with Gasteiger partial charge >= 0.3 is 0 Å². The number of aromatic nitrogens is 3. The summed E-state index contributed by atoms with van der Waals surface area (Å²) in [7, 11) is 0. The van der Waals surface area contributed by atoms with E-state index in [2.05, 4.69) is 53.1 Å². The predicted octanol–water partition coefficient (Wildman–Crippen LogP) is 3.00. The summed E-state index contributed by atoms with van der Waals surface area (Å²) in [6.07, 6.45) is 9.06. The number of nitrogens with zero attached hydrogens (tertiary/aromatic N) is 4. The van der Waals surface area contributed by atoms with E-state index in [0.717, 1.165) is 44.4 Å². The van der Waals surface area contributed by atoms with Crippen molar-refractivity contribution < 1.29 is 0 Å². The van der Waals surface area contributed by atoms with Gasteiger partial charge < -0.3 is 15.2 Å². The molecule has 2 N–H and O–H groups in total. The molecule has 0 saturated heterocycles. The second kappa shape index (κ2) is 12.8. The Bertz CT molecular complexity index is 454. The van der Waals surface area contributed by atoms with Crippen molar-refractivity contribution in [1.82, 2.24) is 25.4 Å². The van der Waals surface area contributed by atoms with Crippen LogP contribution >= 0.6 is 0 Å². The average molecular weight is 337 g/mol. The van der Waals surface area contributed by atoms with E-state index in [1.54, 1.807) is 6.33 Å². The number of aryl methyl sites for hydroxylation is 1. The Kier molecular flexibility index (Phi) is 10.9. The Labute approximate surface area is 147 Å². The van der Waals surface area contributed by atoms with Gasteiger partial charge in [-0.25, -0.2) is 0 Å². The van der Waals surface area contributed by atoms with Crippen molar-refractivity contribution >= 4 is 5.96 Å². The number of unbranched alkanes of at least 4 members (excludes halogenated alkanes) is 1. The van der Waals surface area contributed by atoms with Crippen molar-refractivity contribution in [2.24, 2.45) is 10.9 Å². The van der Waals surface area contributed by atoms with E-state index in [1.165, 1.54) is 32.1 Å². The van der Waals surface area contributed by atoms with Crippen molar-refractivity contribution in [2.45, 2.75) is 72.8 Å². The molecule has 0 aliphatic carbocycles. The molecule has 0 amide bonds. The zero-order valence-electron chi connectivity index (χ0n) is 16.0. The molecule has 0 bridgehead atoms. The topological polar surface area (TPSA) is 67.1 Å². The molecule has 24 heavy (non-hydrogen) atoms. The van der Waals surface area contributed by atoms with Gasteiger partial charge in [-0.2, -0.15) is 0 Å². The van der Waals surface area contributed by atoms with Crippen LogP contribution < -0.4 is 10.6 Å². The molecule has 0 spiro atoms. The summed E-state index contributed by atoms with van der Waals surface area (Å²) in [5, 5.41) is 14.9. The number of nitrogens with one attached hydrogen (secondary N) is 2. The molecule has 6 nitrogen and oxygen atoms in total. The molecule has 0 aromatic carbocycles. The fourth-order valence-electron chi connectivity index (χ4n) is 2.82. The van der Waals surface area contributed by atoms with E-state index in [9.17, 15) is 0 Å².